The Morgan fingerprint density at radius 2 is 1.97 bits per heavy atom. The number of carbonyl (C=O) groups is 1. The van der Waals surface area contributed by atoms with E-state index in [0.29, 0.717) is 15.9 Å². The Morgan fingerprint density at radius 1 is 1.18 bits per heavy atom. The Labute approximate surface area is 195 Å². The van der Waals surface area contributed by atoms with Crippen molar-refractivity contribution >= 4 is 38.6 Å². The van der Waals surface area contributed by atoms with Gasteiger partial charge in [-0.05, 0) is 76.4 Å². The van der Waals surface area contributed by atoms with Gasteiger partial charge in [-0.15, -0.1) is 0 Å². The third-order valence-electron chi connectivity index (χ3n) is 5.57. The minimum atomic E-state index is -0.948. The average molecular weight is 511 g/mol. The minimum absolute atomic E-state index is 0.0235. The zero-order valence-electron chi connectivity index (χ0n) is 17.4. The van der Waals surface area contributed by atoms with Gasteiger partial charge in [0.25, 0.3) is 5.91 Å². The number of amides is 1. The van der Waals surface area contributed by atoms with Crippen LogP contribution < -0.4 is 15.1 Å². The zero-order valence-corrected chi connectivity index (χ0v) is 19.0. The second kappa shape index (κ2) is 7.70. The van der Waals surface area contributed by atoms with E-state index < -0.39 is 23.2 Å². The van der Waals surface area contributed by atoms with E-state index in [9.17, 15) is 19.1 Å². The summed E-state index contributed by atoms with van der Waals surface area (Å²) in [5.41, 5.74) is 0.965. The van der Waals surface area contributed by atoms with Crippen molar-refractivity contribution in [3.8, 4) is 11.5 Å². The number of hydrogen-bond donors (Lipinski definition) is 1. The first kappa shape index (κ1) is 21.1. The van der Waals surface area contributed by atoms with Gasteiger partial charge in [0.15, 0.2) is 16.9 Å². The molecule has 0 saturated carbocycles. The van der Waals surface area contributed by atoms with Gasteiger partial charge in [-0.25, -0.2) is 9.37 Å². The SMILES string of the molecule is COc1cc(C2c3c(oc4ccc(F)cc4c3=O)C(=O)N2c2cc(C)ccn2)cc(Br)c1O. The first-order valence-electron chi connectivity index (χ1n) is 9.89. The molecule has 33 heavy (non-hydrogen) atoms. The highest BCUT2D eigenvalue weighted by molar-refractivity contribution is 9.10. The van der Waals surface area contributed by atoms with E-state index in [4.69, 9.17) is 9.15 Å². The number of nitrogens with zero attached hydrogens (tertiary/aromatic N) is 2. The lowest BCUT2D eigenvalue weighted by Gasteiger charge is -2.25. The highest BCUT2D eigenvalue weighted by Gasteiger charge is 2.44. The average Bonchev–Trinajstić information content (AvgIpc) is 3.08. The maximum Gasteiger partial charge on any atom is 0.296 e. The predicted octanol–water partition coefficient (Wildman–Crippen LogP) is 4.86. The number of anilines is 1. The van der Waals surface area contributed by atoms with Crippen molar-refractivity contribution in [2.24, 2.45) is 0 Å². The molecule has 1 atom stereocenters. The number of pyridine rings is 1. The normalized spacial score (nSPS) is 15.2. The number of hydrogen-bond acceptors (Lipinski definition) is 6. The van der Waals surface area contributed by atoms with Crippen molar-refractivity contribution < 1.29 is 23.4 Å². The number of methoxy groups -OCH3 is 1. The molecule has 1 aliphatic rings. The number of aromatic nitrogens is 1. The number of benzene rings is 2. The summed E-state index contributed by atoms with van der Waals surface area (Å²) in [6, 6.07) is 9.24. The molecule has 1 amide bonds. The smallest absolute Gasteiger partial charge is 0.296 e. The van der Waals surface area contributed by atoms with Crippen LogP contribution in [0.1, 0.15) is 33.3 Å². The van der Waals surface area contributed by atoms with Crippen LogP contribution >= 0.6 is 15.9 Å². The van der Waals surface area contributed by atoms with E-state index in [1.165, 1.54) is 24.1 Å². The van der Waals surface area contributed by atoms with Crippen molar-refractivity contribution in [3.63, 3.8) is 0 Å². The second-order valence-corrected chi connectivity index (χ2v) is 8.49. The second-order valence-electron chi connectivity index (χ2n) is 7.64. The van der Waals surface area contributed by atoms with Gasteiger partial charge >= 0.3 is 0 Å². The van der Waals surface area contributed by atoms with E-state index in [1.807, 2.05) is 6.92 Å². The first-order chi connectivity index (χ1) is 15.8. The molecule has 0 radical (unpaired) electrons. The van der Waals surface area contributed by atoms with Gasteiger partial charge in [0.1, 0.15) is 17.2 Å². The van der Waals surface area contributed by atoms with E-state index in [0.717, 1.165) is 17.7 Å². The van der Waals surface area contributed by atoms with Crippen molar-refractivity contribution in [1.82, 2.24) is 4.98 Å². The highest BCUT2D eigenvalue weighted by Crippen LogP contribution is 2.44. The summed E-state index contributed by atoms with van der Waals surface area (Å²) in [6.45, 7) is 1.86. The lowest BCUT2D eigenvalue weighted by Crippen LogP contribution is -2.30. The number of halogens is 2. The first-order valence-corrected chi connectivity index (χ1v) is 10.7. The van der Waals surface area contributed by atoms with Crippen LogP contribution in [0.2, 0.25) is 0 Å². The molecule has 4 aromatic rings. The molecule has 0 spiro atoms. The lowest BCUT2D eigenvalue weighted by atomic mass is 9.98. The molecule has 0 bridgehead atoms. The van der Waals surface area contributed by atoms with E-state index >= 15 is 0 Å². The van der Waals surface area contributed by atoms with Gasteiger partial charge in [0.05, 0.1) is 28.6 Å². The predicted molar refractivity (Wildman–Crippen MR) is 122 cm³/mol. The summed E-state index contributed by atoms with van der Waals surface area (Å²) >= 11 is 3.30. The quantitative estimate of drug-likeness (QED) is 0.423. The number of aromatic hydroxyl groups is 1. The maximum absolute atomic E-state index is 13.9. The Bertz CT molecular complexity index is 1520. The van der Waals surface area contributed by atoms with Gasteiger partial charge in [0, 0.05) is 6.20 Å². The van der Waals surface area contributed by atoms with Crippen molar-refractivity contribution in [2.45, 2.75) is 13.0 Å². The molecular formula is C24H16BrFN2O5. The molecule has 0 saturated heterocycles. The van der Waals surface area contributed by atoms with Gasteiger partial charge in [0.2, 0.25) is 5.76 Å². The molecule has 0 fully saturated rings. The van der Waals surface area contributed by atoms with E-state index in [1.54, 1.807) is 24.4 Å². The Morgan fingerprint density at radius 3 is 2.70 bits per heavy atom. The van der Waals surface area contributed by atoms with Crippen LogP contribution in [0.4, 0.5) is 10.2 Å². The van der Waals surface area contributed by atoms with Crippen LogP contribution in [0.5, 0.6) is 11.5 Å². The van der Waals surface area contributed by atoms with Crippen LogP contribution in [-0.2, 0) is 0 Å². The minimum Gasteiger partial charge on any atom is -0.503 e. The fourth-order valence-electron chi connectivity index (χ4n) is 4.06. The Kier molecular flexibility index (Phi) is 4.93. The van der Waals surface area contributed by atoms with Gasteiger partial charge in [-0.3, -0.25) is 14.5 Å². The summed E-state index contributed by atoms with van der Waals surface area (Å²) in [5, 5.41) is 10.3. The molecule has 3 heterocycles. The fraction of sp³-hybridized carbons (Fsp3) is 0.125. The Balaban J connectivity index is 1.85. The number of rotatable bonds is 3. The third kappa shape index (κ3) is 3.27. The number of phenols is 1. The molecule has 0 aliphatic carbocycles. The highest BCUT2D eigenvalue weighted by atomic mass is 79.9. The van der Waals surface area contributed by atoms with Crippen molar-refractivity contribution in [2.75, 3.05) is 12.0 Å². The number of phenolic OH excluding ortho intramolecular Hbond substituents is 1. The van der Waals surface area contributed by atoms with Crippen molar-refractivity contribution in [1.29, 1.82) is 0 Å². The van der Waals surface area contributed by atoms with Crippen LogP contribution in [0, 0.1) is 12.7 Å². The summed E-state index contributed by atoms with van der Waals surface area (Å²) < 4.78 is 25.3. The molecule has 2 aromatic carbocycles. The molecule has 9 heteroatoms. The zero-order chi connectivity index (χ0) is 23.4. The molecular weight excluding hydrogens is 495 g/mol. The standard InChI is InChI=1S/C24H16BrFN2O5/c1-11-5-6-27-18(7-11)28-20(12-8-15(25)22(30)17(9-12)32-2)19-21(29)14-10-13(26)3-4-16(14)33-23(19)24(28)31/h3-10,20,30H,1-2H3. The molecule has 7 nitrogen and oxygen atoms in total. The molecule has 1 aliphatic heterocycles. The summed E-state index contributed by atoms with van der Waals surface area (Å²) in [4.78, 5) is 32.8. The number of ether oxygens (including phenoxy) is 1. The van der Waals surface area contributed by atoms with Gasteiger partial charge in [-0.2, -0.15) is 0 Å². The number of carbonyl (C=O) groups excluding carboxylic acids is 1. The van der Waals surface area contributed by atoms with Crippen LogP contribution in [-0.4, -0.2) is 23.1 Å². The topological polar surface area (TPSA) is 92.9 Å². The van der Waals surface area contributed by atoms with E-state index in [-0.39, 0.29) is 33.8 Å². The number of aryl methyl sites for hydroxylation is 1. The maximum atomic E-state index is 13.9. The largest absolute Gasteiger partial charge is 0.503 e. The summed E-state index contributed by atoms with van der Waals surface area (Å²) in [5.74, 6) is -0.960. The van der Waals surface area contributed by atoms with Gasteiger partial charge < -0.3 is 14.3 Å². The van der Waals surface area contributed by atoms with Gasteiger partial charge in [-0.1, -0.05) is 0 Å². The third-order valence-corrected chi connectivity index (χ3v) is 6.17. The Hall–Kier alpha value is -3.72. The summed E-state index contributed by atoms with van der Waals surface area (Å²) in [7, 11) is 1.39. The lowest BCUT2D eigenvalue weighted by molar-refractivity contribution is 0.0970. The molecule has 2 aromatic heterocycles. The molecule has 1 N–H and O–H groups in total. The number of fused-ring (bicyclic) bond motifs is 2. The van der Waals surface area contributed by atoms with Crippen LogP contribution in [0.25, 0.3) is 11.0 Å². The van der Waals surface area contributed by atoms with Crippen LogP contribution in [0.15, 0.2) is 62.3 Å². The monoisotopic (exact) mass is 510 g/mol. The van der Waals surface area contributed by atoms with E-state index in [2.05, 4.69) is 20.9 Å². The summed E-state index contributed by atoms with van der Waals surface area (Å²) in [6.07, 6.45) is 1.56. The van der Waals surface area contributed by atoms with Crippen molar-refractivity contribution in [3.05, 3.63) is 91.6 Å². The molecule has 166 valence electrons. The molecule has 1 unspecified atom stereocenters. The fourth-order valence-corrected chi connectivity index (χ4v) is 4.52. The van der Waals surface area contributed by atoms with Crippen LogP contribution in [0.3, 0.4) is 0 Å². The molecule has 5 rings (SSSR count).